The molecule has 0 aromatic rings. The maximum atomic E-state index is 0. The van der Waals surface area contributed by atoms with Crippen molar-refractivity contribution in [2.24, 2.45) is 0 Å². The molecule has 0 nitrogen and oxygen atoms in total. The van der Waals surface area contributed by atoms with E-state index in [0.717, 1.165) is 0 Å². The first-order valence-corrected chi connectivity index (χ1v) is 0. The minimum atomic E-state index is 0. The summed E-state index contributed by atoms with van der Waals surface area (Å²) >= 11 is 0. The molecule has 0 aliphatic carbocycles. The van der Waals surface area contributed by atoms with Crippen molar-refractivity contribution in [3.8, 4) is 0 Å². The fourth-order valence-electron chi connectivity index (χ4n) is 0. The summed E-state index contributed by atoms with van der Waals surface area (Å²) in [5, 5.41) is 0. The van der Waals surface area contributed by atoms with Crippen molar-refractivity contribution in [1.82, 2.24) is 0 Å². The van der Waals surface area contributed by atoms with Crippen molar-refractivity contribution in [1.29, 1.82) is 0 Å². The molecule has 56 valence electrons. The van der Waals surface area contributed by atoms with Crippen LogP contribution in [0.3, 0.4) is 0 Å². The second kappa shape index (κ2) is 177. The third-order valence-electron chi connectivity index (χ3n) is 0. The molecule has 0 saturated carbocycles. The first kappa shape index (κ1) is 229. The molecule has 10 heavy (non-hydrogen) atoms. The monoisotopic (exact) mass is 288 g/mol. The minimum absolute atomic E-state index is 0. The van der Waals surface area contributed by atoms with E-state index in [1.54, 1.807) is 0 Å². The number of hydrogen-bond acceptors (Lipinski definition) is 0. The van der Waals surface area contributed by atoms with E-state index in [0.29, 0.717) is 0 Å². The van der Waals surface area contributed by atoms with Gasteiger partial charge in [-0.25, -0.2) is 0 Å². The van der Waals surface area contributed by atoms with Crippen molar-refractivity contribution >= 4 is 101 Å². The summed E-state index contributed by atoms with van der Waals surface area (Å²) in [6, 6.07) is 0. The molecule has 10 heteroatoms. The van der Waals surface area contributed by atoms with E-state index in [2.05, 4.69) is 0 Å². The number of halogens is 7. The topological polar surface area (TPSA) is 0 Å². The summed E-state index contributed by atoms with van der Waals surface area (Å²) < 4.78 is 0. The molecule has 0 heterocycles. The molecule has 0 fully saturated rings. The van der Waals surface area contributed by atoms with E-state index in [-0.39, 0.29) is 134 Å². The van der Waals surface area contributed by atoms with Gasteiger partial charge >= 0.3 is 101 Å². The van der Waals surface area contributed by atoms with E-state index in [9.17, 15) is 0 Å². The van der Waals surface area contributed by atoms with Crippen LogP contribution in [-0.4, -0.2) is 101 Å². The molecule has 0 aromatic heterocycles. The molecule has 0 aromatic carbocycles. The van der Waals surface area contributed by atoms with Crippen LogP contribution in [0.25, 0.3) is 0 Å². The molecule has 0 aliphatic rings. The van der Waals surface area contributed by atoms with Crippen LogP contribution in [0, 0.1) is 0 Å². The largest absolute Gasteiger partial charge is 3.00 e. The third kappa shape index (κ3) is 133. The second-order valence-corrected chi connectivity index (χ2v) is 0. The molecule has 0 N–H and O–H groups in total. The van der Waals surface area contributed by atoms with Crippen LogP contribution < -0.4 is 32.9 Å². The zero-order valence-corrected chi connectivity index (χ0v) is 11.5. The summed E-state index contributed by atoms with van der Waals surface area (Å²) in [6.07, 6.45) is 0. The first-order chi connectivity index (χ1) is 0. The molecule has 0 spiro atoms. The van der Waals surface area contributed by atoms with E-state index < -0.39 is 0 Å². The first-order valence-electron chi connectivity index (χ1n) is 0. The van der Waals surface area contributed by atoms with E-state index in [1.165, 1.54) is 0 Å². The molecule has 0 amide bonds. The Morgan fingerprint density at radius 2 is 0.400 bits per heavy atom. The van der Waals surface area contributed by atoms with Gasteiger partial charge in [0.05, 0.1) is 0 Å². The molecular weight excluding hydrogens is 288 g/mol. The Kier molecular flexibility index (Phi) is 4050. The van der Waals surface area contributed by atoms with Crippen LogP contribution in [0.15, 0.2) is 0 Å². The van der Waals surface area contributed by atoms with Gasteiger partial charge in [0.15, 0.2) is 0 Å². The predicted octanol–water partition coefficient (Wildman–Crippen LogP) is -22.1. The van der Waals surface area contributed by atoms with Gasteiger partial charge < -0.3 is 32.9 Å². The molecule has 0 unspecified atom stereocenters. The Morgan fingerprint density at radius 3 is 0.400 bits per heavy atom. The van der Waals surface area contributed by atoms with E-state index in [4.69, 9.17) is 0 Å². The van der Waals surface area contributed by atoms with Gasteiger partial charge in [-0.3, -0.25) is 0 Å². The zero-order valence-electron chi connectivity index (χ0n) is 4.64. The van der Waals surface area contributed by atoms with Gasteiger partial charge in [-0.2, -0.15) is 0 Å². The van der Waals surface area contributed by atoms with Crippen molar-refractivity contribution in [2.45, 2.75) is 0 Å². The summed E-state index contributed by atoms with van der Waals surface area (Å²) in [6.45, 7) is 0. The smallest absolute Gasteiger partial charge is 1.00 e. The Bertz CT molecular complexity index is 13.6. The third-order valence-corrected chi connectivity index (χ3v) is 0. The average molecular weight is 288 g/mol. The molecule has 0 radical (unpaired) electrons. The van der Waals surface area contributed by atoms with Crippen LogP contribution in [0.5, 0.6) is 0 Å². The van der Waals surface area contributed by atoms with Crippen LogP contribution in [0.4, 0.5) is 0 Å². The van der Waals surface area contributed by atoms with Crippen LogP contribution >= 0.6 is 0 Å². The molecule has 0 aliphatic heterocycles. The molecule has 0 bridgehead atoms. The standard InChI is InChI=1S/Al.Ca.7FH.Sr/h;;7*1H;/q+3;+2;;;;;;;;+2/p-7. The number of rotatable bonds is 0. The van der Waals surface area contributed by atoms with Crippen molar-refractivity contribution < 1.29 is 32.9 Å². The number of hydrogen-bond donors (Lipinski definition) is 0. The molecule has 0 saturated heterocycles. The normalized spacial score (nSPS) is 0. The Balaban J connectivity index is 0. The Morgan fingerprint density at radius 1 is 0.400 bits per heavy atom. The summed E-state index contributed by atoms with van der Waals surface area (Å²) in [5.41, 5.74) is 0. The summed E-state index contributed by atoms with van der Waals surface area (Å²) in [7, 11) is 0. The molecular formula is AlCaF7Sr. The van der Waals surface area contributed by atoms with Gasteiger partial charge in [0, 0.05) is 0 Å². The molecule has 0 rings (SSSR count). The van der Waals surface area contributed by atoms with Crippen LogP contribution in [0.1, 0.15) is 0 Å². The predicted molar refractivity (Wildman–Crippen MR) is 17.3 cm³/mol. The van der Waals surface area contributed by atoms with Gasteiger partial charge in [-0.15, -0.1) is 0 Å². The second-order valence-electron chi connectivity index (χ2n) is 0. The SMILES string of the molecule is [Al+3].[Ca+2].[F-].[F-].[F-].[F-].[F-].[F-].[F-].[Sr+2]. The van der Waals surface area contributed by atoms with Gasteiger partial charge in [-0.1, -0.05) is 0 Å². The van der Waals surface area contributed by atoms with Gasteiger partial charge in [0.1, 0.15) is 0 Å². The molecule has 0 atom stereocenters. The van der Waals surface area contributed by atoms with Crippen LogP contribution in [-0.2, 0) is 0 Å². The van der Waals surface area contributed by atoms with Crippen molar-refractivity contribution in [3.63, 3.8) is 0 Å². The zero-order chi connectivity index (χ0) is 0. The van der Waals surface area contributed by atoms with Crippen LogP contribution in [0.2, 0.25) is 0 Å². The van der Waals surface area contributed by atoms with Crippen molar-refractivity contribution in [3.05, 3.63) is 0 Å². The quantitative estimate of drug-likeness (QED) is 0.307. The maximum Gasteiger partial charge on any atom is 3.00 e. The Hall–Kier alpha value is 2.78. The van der Waals surface area contributed by atoms with Crippen molar-refractivity contribution in [2.75, 3.05) is 0 Å². The van der Waals surface area contributed by atoms with E-state index in [1.807, 2.05) is 0 Å². The Labute approximate surface area is 131 Å². The summed E-state index contributed by atoms with van der Waals surface area (Å²) in [5.74, 6) is 0. The van der Waals surface area contributed by atoms with Gasteiger partial charge in [-0.05, 0) is 0 Å². The fourth-order valence-corrected chi connectivity index (χ4v) is 0. The minimum Gasteiger partial charge on any atom is -1.00 e. The van der Waals surface area contributed by atoms with E-state index >= 15 is 0 Å². The average Bonchev–Trinajstić information content (AvgIpc) is 0. The summed E-state index contributed by atoms with van der Waals surface area (Å²) in [4.78, 5) is 0. The van der Waals surface area contributed by atoms with Gasteiger partial charge in [0.2, 0.25) is 0 Å². The maximum absolute atomic E-state index is 0. The fraction of sp³-hybridized carbons (Fsp3) is 0. The van der Waals surface area contributed by atoms with Gasteiger partial charge in [0.25, 0.3) is 0 Å².